The van der Waals surface area contributed by atoms with Crippen molar-refractivity contribution in [1.29, 1.82) is 0 Å². The molecule has 0 saturated carbocycles. The summed E-state index contributed by atoms with van der Waals surface area (Å²) in [6, 6.07) is 47.3. The highest BCUT2D eigenvalue weighted by Gasteiger charge is 2.44. The number of sulfonamides is 1. The van der Waals surface area contributed by atoms with Crippen LogP contribution in [0.3, 0.4) is 0 Å². The molecule has 9 atom stereocenters. The highest BCUT2D eigenvalue weighted by molar-refractivity contribution is 8.13. The Labute approximate surface area is 601 Å². The number of benzene rings is 8. The second kappa shape index (κ2) is 33.8. The topological polar surface area (TPSA) is 293 Å². The summed E-state index contributed by atoms with van der Waals surface area (Å²) >= 11 is 0. The number of para-hydroxylation sites is 6. The maximum absolute atomic E-state index is 13.0. The zero-order valence-electron chi connectivity index (χ0n) is 57.7. The second-order valence-corrected chi connectivity index (χ2v) is 29.4. The van der Waals surface area contributed by atoms with Crippen molar-refractivity contribution in [3.63, 3.8) is 0 Å². The number of alkyl halides is 3. The second-order valence-electron chi connectivity index (χ2n) is 25.1. The summed E-state index contributed by atoms with van der Waals surface area (Å²) in [5.74, 6) is 3.64. The maximum atomic E-state index is 13.0. The van der Waals surface area contributed by atoms with Crippen LogP contribution in [0, 0.1) is 27.7 Å². The molecule has 0 unspecified atom stereocenters. The van der Waals surface area contributed by atoms with Gasteiger partial charge in [0.1, 0.15) is 5.75 Å². The number of nitrogens with one attached hydrogen (secondary N) is 1. The number of nitrogens with zero attached hydrogens (tertiary/aromatic N) is 7. The van der Waals surface area contributed by atoms with E-state index in [2.05, 4.69) is 50.1 Å². The quantitative estimate of drug-likeness (QED) is 0.0329. The first-order chi connectivity index (χ1) is 49.2. The number of halogens is 4. The van der Waals surface area contributed by atoms with E-state index in [-0.39, 0.29) is 41.7 Å². The Morgan fingerprint density at radius 3 is 1.32 bits per heavy atom. The summed E-state index contributed by atoms with van der Waals surface area (Å²) < 4.78 is 126. The van der Waals surface area contributed by atoms with Crippen LogP contribution in [-0.4, -0.2) is 157 Å². The van der Waals surface area contributed by atoms with Gasteiger partial charge in [-0.25, -0.2) is 21.6 Å². The smallest absolute Gasteiger partial charge is 0.453 e. The Morgan fingerprint density at radius 2 is 0.913 bits per heavy atom. The van der Waals surface area contributed by atoms with Gasteiger partial charge in [0, 0.05) is 15.6 Å². The molecule has 14 rings (SSSR count). The van der Waals surface area contributed by atoms with Gasteiger partial charge in [0.2, 0.25) is 10.0 Å². The Bertz CT molecular complexity index is 4500. The number of hydrogen-bond donors (Lipinski definition) is 5. The Balaban J connectivity index is 0.000000151. The van der Waals surface area contributed by atoms with Crippen molar-refractivity contribution in [3.05, 3.63) is 209 Å². The molecule has 548 valence electrons. The Morgan fingerprint density at radius 1 is 0.534 bits per heavy atom. The van der Waals surface area contributed by atoms with Crippen LogP contribution >= 0.6 is 10.7 Å². The molecule has 6 heterocycles. The number of aryl methyl sites for hydroxylation is 4. The van der Waals surface area contributed by atoms with E-state index < -0.39 is 73.7 Å². The number of ether oxygens (including phenoxy) is 7. The van der Waals surface area contributed by atoms with E-state index in [0.717, 1.165) is 92.3 Å². The van der Waals surface area contributed by atoms with Crippen LogP contribution < -0.4 is 44.1 Å². The van der Waals surface area contributed by atoms with E-state index in [1.807, 2.05) is 159 Å². The molecule has 0 spiro atoms. The summed E-state index contributed by atoms with van der Waals surface area (Å²) in [6.07, 6.45) is -7.60. The molecular weight excluding hydrogens is 1400 g/mol. The molecule has 0 radical (unpaired) electrons. The van der Waals surface area contributed by atoms with Crippen LogP contribution in [0.1, 0.15) is 43.0 Å². The van der Waals surface area contributed by atoms with Gasteiger partial charge in [-0.1, -0.05) is 98.2 Å². The molecule has 6 aliphatic heterocycles. The van der Waals surface area contributed by atoms with Gasteiger partial charge >= 0.3 is 6.36 Å². The van der Waals surface area contributed by atoms with E-state index in [1.165, 1.54) is 31.8 Å². The molecule has 29 heteroatoms. The molecule has 8 aromatic carbocycles. The van der Waals surface area contributed by atoms with Crippen molar-refractivity contribution < 1.29 is 78.5 Å². The number of fused-ring (bicyclic) bond motifs is 6. The van der Waals surface area contributed by atoms with Crippen LogP contribution in [0.25, 0.3) is 10.4 Å². The van der Waals surface area contributed by atoms with Crippen LogP contribution in [0.4, 0.5) is 47.3 Å². The molecular formula is C74H83ClF3N9O14S2. The molecule has 6 aliphatic rings. The van der Waals surface area contributed by atoms with Crippen molar-refractivity contribution in [2.24, 2.45) is 10.8 Å². The van der Waals surface area contributed by atoms with Crippen LogP contribution in [0.5, 0.6) is 40.2 Å². The minimum absolute atomic E-state index is 0.0983. The fourth-order valence-corrected chi connectivity index (χ4v) is 14.5. The van der Waals surface area contributed by atoms with Gasteiger partial charge < -0.3 is 73.8 Å². The third-order valence-corrected chi connectivity index (χ3v) is 20.7. The molecule has 0 bridgehead atoms. The van der Waals surface area contributed by atoms with Gasteiger partial charge in [0.05, 0.1) is 138 Å². The first-order valence-corrected chi connectivity index (χ1v) is 37.2. The number of aliphatic hydroxyl groups excluding tert-OH is 3. The number of hydrogen-bond acceptors (Lipinski definition) is 20. The summed E-state index contributed by atoms with van der Waals surface area (Å²) in [6.45, 7) is 19.3. The van der Waals surface area contributed by atoms with Crippen molar-refractivity contribution in [1.82, 2.24) is 9.62 Å². The lowest BCUT2D eigenvalue weighted by atomic mass is 9.98. The summed E-state index contributed by atoms with van der Waals surface area (Å²) in [5.41, 5.74) is 23.9. The molecule has 6 N–H and O–H groups in total. The van der Waals surface area contributed by atoms with Crippen LogP contribution in [-0.2, 0) is 33.3 Å². The first-order valence-electron chi connectivity index (χ1n) is 33.4. The minimum Gasteiger partial charge on any atom is -0.453 e. The van der Waals surface area contributed by atoms with Crippen LogP contribution in [0.2, 0.25) is 0 Å². The van der Waals surface area contributed by atoms with E-state index >= 15 is 0 Å². The first kappa shape index (κ1) is 76.9. The largest absolute Gasteiger partial charge is 0.573 e. The SMILES string of the molecule is CCN(CC)CC.Cc1ccc(S(=O)(=O)Cl)cc1.Cc1ccc2c(c1)Oc1ccccc1N2[C@H]1COC[C@@H](N)[C@@H]1O.Cc1ccc2c(c1)Oc1ccccc1N2[C@H]1COC[C@@H](N=[N+]=[N-])[C@@H]1O.Cc1ccc2c(c1)Oc1ccccc1N2[C@H]1COC[C@@H](NS(=O)(=O)c2ccc(OC(F)(F)F)cc2)[C@@H]1O. The van der Waals surface area contributed by atoms with E-state index in [0.29, 0.717) is 42.7 Å². The zero-order valence-corrected chi connectivity index (χ0v) is 60.1. The summed E-state index contributed by atoms with van der Waals surface area (Å²) in [5, 5.41) is 36.4. The zero-order chi connectivity index (χ0) is 73.9. The highest BCUT2D eigenvalue weighted by atomic mass is 35.7. The lowest BCUT2D eigenvalue weighted by Crippen LogP contribution is -2.60. The van der Waals surface area contributed by atoms with Crippen molar-refractivity contribution >= 4 is 63.9 Å². The highest BCUT2D eigenvalue weighted by Crippen LogP contribution is 2.52. The van der Waals surface area contributed by atoms with Crippen molar-refractivity contribution in [2.75, 3.05) is 74.0 Å². The van der Waals surface area contributed by atoms with Gasteiger partial charge in [-0.2, -0.15) is 0 Å². The average Bonchev–Trinajstić information content (AvgIpc) is 0.768. The van der Waals surface area contributed by atoms with Gasteiger partial charge in [0.25, 0.3) is 9.05 Å². The number of azide groups is 1. The minimum atomic E-state index is -4.90. The molecule has 3 saturated heterocycles. The number of aliphatic hydroxyl groups is 3. The Kier molecular flexibility index (Phi) is 25.3. The molecule has 0 amide bonds. The monoisotopic (exact) mass is 1480 g/mol. The number of rotatable bonds is 12. The van der Waals surface area contributed by atoms with Crippen LogP contribution in [0.15, 0.2) is 191 Å². The molecule has 0 aliphatic carbocycles. The lowest BCUT2D eigenvalue weighted by Gasteiger charge is -2.44. The fourth-order valence-electron chi connectivity index (χ4n) is 12.5. The standard InChI is InChI=1S/C25H23F3N2O6S.C18H18N4O3.C18H20N2O3.C7H7ClO2S.C6H15N/c1-15-6-11-20-23(12-15)35-22-5-3-2-4-19(22)30(20)21-14-34-13-18(24(21)31)29-37(32,33)17-9-7-16(8-10-17)36-25(26,27)28;1-11-6-7-14-17(8-11)25-16-5-3-2-4-13(16)22(14)15-10-24-9-12(18(15)23)20-21-19;1-11-6-7-14-17(8-11)23-16-5-3-2-4-13(16)20(14)15-10-22-9-12(19)18(15)21;1-6-2-4-7(5-3-6)11(8,9)10;1-4-7(5-2)6-3/h2-12,18,21,24,29,31H,13-14H2,1H3;2-8,12,15,18,23H,9-10H2,1H3;2-8,12,15,18,21H,9-10,19H2,1H3;2-5H,1H3;4-6H2,1-3H3/t18-,21+,24+;2*12-,15+,18+;;/m111../s1. The number of anilines is 6. The van der Waals surface area contributed by atoms with Crippen molar-refractivity contribution in [3.8, 4) is 40.2 Å². The van der Waals surface area contributed by atoms with E-state index in [4.69, 9.17) is 50.4 Å². The fraction of sp³-hybridized carbons (Fsp3) is 0.351. The molecule has 103 heavy (non-hydrogen) atoms. The van der Waals surface area contributed by atoms with Gasteiger partial charge in [-0.15, -0.1) is 13.2 Å². The average molecular weight is 1480 g/mol. The molecule has 23 nitrogen and oxygen atoms in total. The summed E-state index contributed by atoms with van der Waals surface area (Å²) in [4.78, 5) is 11.1. The third kappa shape index (κ3) is 18.6. The van der Waals surface area contributed by atoms with Gasteiger partial charge in [-0.05, 0) is 179 Å². The predicted molar refractivity (Wildman–Crippen MR) is 387 cm³/mol. The van der Waals surface area contributed by atoms with Gasteiger partial charge in [0.15, 0.2) is 34.5 Å². The number of nitrogens with two attached hydrogens (primary N) is 1. The van der Waals surface area contributed by atoms with Gasteiger partial charge in [-0.3, -0.25) is 0 Å². The predicted octanol–water partition coefficient (Wildman–Crippen LogP) is 13.5. The summed E-state index contributed by atoms with van der Waals surface area (Å²) in [7, 11) is -2.67. The molecule has 8 aromatic rings. The normalized spacial score (nSPS) is 21.5. The van der Waals surface area contributed by atoms with Crippen molar-refractivity contribution in [2.45, 2.75) is 119 Å². The van der Waals surface area contributed by atoms with E-state index in [1.54, 1.807) is 18.2 Å². The lowest BCUT2D eigenvalue weighted by molar-refractivity contribution is -0.274. The Hall–Kier alpha value is -8.71. The van der Waals surface area contributed by atoms with E-state index in [9.17, 15) is 45.3 Å². The maximum Gasteiger partial charge on any atom is 0.573 e. The molecule has 0 aromatic heterocycles. The third-order valence-electron chi connectivity index (χ3n) is 17.9. The molecule has 3 fully saturated rings.